The third-order valence-corrected chi connectivity index (χ3v) is 7.13. The van der Waals surface area contributed by atoms with Gasteiger partial charge in [-0.3, -0.25) is 9.36 Å². The maximum atomic E-state index is 13.6. The van der Waals surface area contributed by atoms with E-state index in [4.69, 9.17) is 20.8 Å². The van der Waals surface area contributed by atoms with Gasteiger partial charge in [0.1, 0.15) is 21.6 Å². The molecular formula is C24H18ClNO5S. The number of benzene rings is 2. The van der Waals surface area contributed by atoms with Crippen molar-refractivity contribution < 1.29 is 14.3 Å². The van der Waals surface area contributed by atoms with Crippen molar-refractivity contribution in [3.05, 3.63) is 85.6 Å². The first kappa shape index (κ1) is 20.7. The lowest BCUT2D eigenvalue weighted by molar-refractivity contribution is 0.413. The maximum Gasteiger partial charge on any atom is 0.354 e. The van der Waals surface area contributed by atoms with Crippen LogP contribution in [0.5, 0.6) is 11.5 Å². The third-order valence-electron chi connectivity index (χ3n) is 5.80. The van der Waals surface area contributed by atoms with Crippen molar-refractivity contribution in [1.29, 1.82) is 0 Å². The monoisotopic (exact) mass is 467 g/mol. The van der Waals surface area contributed by atoms with E-state index in [0.717, 1.165) is 17.3 Å². The first-order valence-corrected chi connectivity index (χ1v) is 11.0. The zero-order chi connectivity index (χ0) is 22.8. The Morgan fingerprint density at radius 1 is 1.09 bits per heavy atom. The smallest absolute Gasteiger partial charge is 0.354 e. The lowest BCUT2D eigenvalue weighted by Crippen LogP contribution is -2.24. The molecule has 32 heavy (non-hydrogen) atoms. The number of hydrogen-bond acceptors (Lipinski definition) is 6. The molecule has 1 aliphatic rings. The van der Waals surface area contributed by atoms with E-state index >= 15 is 0 Å². The van der Waals surface area contributed by atoms with Crippen molar-refractivity contribution >= 4 is 34.3 Å². The number of nitrogens with zero attached hydrogens (tertiary/aromatic N) is 1. The standard InChI is InChI=1S/C24H18ClNO5S/c1-24(2)15-10-13(30-3)6-9-16(15)26-18(24)11-17-19(22(26)28)20(27)21(23(29)31-17)32-14-7-4-12(25)5-8-14/h4-11,27H,1-3H3. The highest BCUT2D eigenvalue weighted by molar-refractivity contribution is 7.99. The van der Waals surface area contributed by atoms with E-state index in [0.29, 0.717) is 27.0 Å². The minimum absolute atomic E-state index is 0.0377. The highest BCUT2D eigenvalue weighted by Crippen LogP contribution is 2.45. The van der Waals surface area contributed by atoms with Crippen LogP contribution < -0.4 is 15.9 Å². The molecule has 3 heterocycles. The van der Waals surface area contributed by atoms with Gasteiger partial charge in [-0.1, -0.05) is 37.2 Å². The minimum Gasteiger partial charge on any atom is -0.505 e. The van der Waals surface area contributed by atoms with Crippen molar-refractivity contribution in [3.63, 3.8) is 0 Å². The number of ether oxygens (including phenoxy) is 1. The van der Waals surface area contributed by atoms with Gasteiger partial charge in [-0.15, -0.1) is 0 Å². The molecule has 8 heteroatoms. The molecule has 0 saturated heterocycles. The Morgan fingerprint density at radius 3 is 2.50 bits per heavy atom. The maximum absolute atomic E-state index is 13.6. The van der Waals surface area contributed by atoms with Gasteiger partial charge in [-0.25, -0.2) is 4.79 Å². The summed E-state index contributed by atoms with van der Waals surface area (Å²) in [6.07, 6.45) is 0. The molecule has 0 bridgehead atoms. The van der Waals surface area contributed by atoms with Crippen LogP contribution in [0, 0.1) is 0 Å². The Kier molecular flexibility index (Phi) is 4.65. The van der Waals surface area contributed by atoms with Crippen LogP contribution in [-0.2, 0) is 5.41 Å². The molecule has 6 nitrogen and oxygen atoms in total. The quantitative estimate of drug-likeness (QED) is 0.451. The van der Waals surface area contributed by atoms with E-state index in [2.05, 4.69) is 0 Å². The van der Waals surface area contributed by atoms with E-state index in [1.54, 1.807) is 48.1 Å². The number of hydrogen-bond donors (Lipinski definition) is 1. The first-order valence-electron chi connectivity index (χ1n) is 9.81. The van der Waals surface area contributed by atoms with Crippen molar-refractivity contribution in [2.24, 2.45) is 0 Å². The molecule has 5 rings (SSSR count). The third kappa shape index (κ3) is 2.96. The van der Waals surface area contributed by atoms with Gasteiger partial charge in [0.2, 0.25) is 0 Å². The zero-order valence-corrected chi connectivity index (χ0v) is 19.0. The molecule has 0 unspecified atom stereocenters. The summed E-state index contributed by atoms with van der Waals surface area (Å²) in [5.74, 6) is 0.287. The summed E-state index contributed by atoms with van der Waals surface area (Å²) in [5.41, 5.74) is 0.623. The van der Waals surface area contributed by atoms with Crippen molar-refractivity contribution in [1.82, 2.24) is 4.57 Å². The van der Waals surface area contributed by atoms with Crippen LogP contribution in [0.2, 0.25) is 5.02 Å². The van der Waals surface area contributed by atoms with Crippen molar-refractivity contribution in [2.75, 3.05) is 7.11 Å². The summed E-state index contributed by atoms with van der Waals surface area (Å²) in [5, 5.41) is 11.5. The second kappa shape index (κ2) is 7.18. The van der Waals surface area contributed by atoms with E-state index in [1.165, 1.54) is 0 Å². The molecule has 4 aromatic rings. The Labute approximate surface area is 192 Å². The van der Waals surface area contributed by atoms with E-state index < -0.39 is 22.3 Å². The van der Waals surface area contributed by atoms with Crippen molar-refractivity contribution in [3.8, 4) is 17.2 Å². The van der Waals surface area contributed by atoms with Gasteiger partial charge in [-0.05, 0) is 48.0 Å². The molecule has 2 aromatic heterocycles. The van der Waals surface area contributed by atoms with Gasteiger partial charge in [0.15, 0.2) is 5.75 Å². The highest BCUT2D eigenvalue weighted by atomic mass is 35.5. The fraction of sp³-hybridized carbons (Fsp3) is 0.167. The summed E-state index contributed by atoms with van der Waals surface area (Å²) >= 11 is 6.94. The van der Waals surface area contributed by atoms with Crippen molar-refractivity contribution in [2.45, 2.75) is 29.1 Å². The van der Waals surface area contributed by atoms with Gasteiger partial charge < -0.3 is 14.3 Å². The number of methoxy groups -OCH3 is 1. The number of aromatic hydroxyl groups is 1. The Bertz CT molecular complexity index is 1520. The summed E-state index contributed by atoms with van der Waals surface area (Å²) < 4.78 is 12.4. The first-order chi connectivity index (χ1) is 15.2. The normalized spacial score (nSPS) is 13.8. The number of pyridine rings is 1. The van der Waals surface area contributed by atoms with Crippen LogP contribution in [0.1, 0.15) is 25.1 Å². The molecule has 0 atom stereocenters. The lowest BCUT2D eigenvalue weighted by atomic mass is 9.83. The lowest BCUT2D eigenvalue weighted by Gasteiger charge is -2.20. The molecular weight excluding hydrogens is 450 g/mol. The fourth-order valence-electron chi connectivity index (χ4n) is 4.13. The zero-order valence-electron chi connectivity index (χ0n) is 17.4. The molecule has 1 N–H and O–H groups in total. The van der Waals surface area contributed by atoms with Crippen LogP contribution in [0.3, 0.4) is 0 Å². The molecule has 0 spiro atoms. The number of fused-ring (bicyclic) bond motifs is 4. The summed E-state index contributed by atoms with van der Waals surface area (Å²) in [6.45, 7) is 3.97. The number of halogens is 1. The molecule has 0 saturated carbocycles. The number of rotatable bonds is 3. The molecule has 0 fully saturated rings. The SMILES string of the molecule is COc1ccc2c(c1)C(C)(C)c1cc3oc(=O)c(Sc4ccc(Cl)cc4)c(O)c3c(=O)n1-2. The molecule has 162 valence electrons. The van der Waals surface area contributed by atoms with E-state index in [9.17, 15) is 14.7 Å². The van der Waals surface area contributed by atoms with Crippen LogP contribution in [0.4, 0.5) is 0 Å². The van der Waals surface area contributed by atoms with Crippen LogP contribution in [0.25, 0.3) is 16.7 Å². The molecule has 0 radical (unpaired) electrons. The van der Waals surface area contributed by atoms with Gasteiger partial charge in [0, 0.05) is 27.1 Å². The fourth-order valence-corrected chi connectivity index (χ4v) is 5.09. The average molecular weight is 468 g/mol. The molecule has 1 aliphatic heterocycles. The van der Waals surface area contributed by atoms with Crippen LogP contribution >= 0.6 is 23.4 Å². The average Bonchev–Trinajstić information content (AvgIpc) is 2.99. The molecule has 2 aromatic carbocycles. The molecule has 0 amide bonds. The van der Waals surface area contributed by atoms with Gasteiger partial charge in [0.25, 0.3) is 5.56 Å². The predicted molar refractivity (Wildman–Crippen MR) is 124 cm³/mol. The summed E-state index contributed by atoms with van der Waals surface area (Å²) in [7, 11) is 1.59. The summed E-state index contributed by atoms with van der Waals surface area (Å²) in [6, 6.07) is 13.9. The van der Waals surface area contributed by atoms with E-state index in [-0.39, 0.29) is 15.9 Å². The predicted octanol–water partition coefficient (Wildman–Crippen LogP) is 5.10. The Hall–Kier alpha value is -3.16. The van der Waals surface area contributed by atoms with E-state index in [1.807, 2.05) is 26.0 Å². The largest absolute Gasteiger partial charge is 0.505 e. The summed E-state index contributed by atoms with van der Waals surface area (Å²) in [4.78, 5) is 26.9. The molecule has 0 aliphatic carbocycles. The van der Waals surface area contributed by atoms with Gasteiger partial charge in [-0.2, -0.15) is 0 Å². The minimum atomic E-state index is -0.714. The second-order valence-electron chi connectivity index (χ2n) is 8.04. The van der Waals surface area contributed by atoms with Gasteiger partial charge in [0.05, 0.1) is 12.8 Å². The second-order valence-corrected chi connectivity index (χ2v) is 9.56. The number of aromatic nitrogens is 1. The van der Waals surface area contributed by atoms with Crippen LogP contribution in [-0.4, -0.2) is 16.8 Å². The Morgan fingerprint density at radius 2 is 1.81 bits per heavy atom. The van der Waals surface area contributed by atoms with Crippen LogP contribution in [0.15, 0.2) is 72.3 Å². The topological polar surface area (TPSA) is 81.7 Å². The Balaban J connectivity index is 1.77. The van der Waals surface area contributed by atoms with Gasteiger partial charge >= 0.3 is 5.63 Å². The highest BCUT2D eigenvalue weighted by Gasteiger charge is 2.38.